The van der Waals surface area contributed by atoms with Crippen molar-refractivity contribution in [2.24, 2.45) is 5.41 Å². The fourth-order valence-electron chi connectivity index (χ4n) is 2.24. The van der Waals surface area contributed by atoms with Crippen LogP contribution in [0.4, 0.5) is 0 Å². The van der Waals surface area contributed by atoms with Crippen molar-refractivity contribution in [2.45, 2.75) is 46.5 Å². The first-order valence-electron chi connectivity index (χ1n) is 8.13. The van der Waals surface area contributed by atoms with Gasteiger partial charge < -0.3 is 14.2 Å². The monoisotopic (exact) mass is 336 g/mol. The molecule has 0 aliphatic heterocycles. The molecule has 0 N–H and O–H groups in total. The Morgan fingerprint density at radius 2 is 1.71 bits per heavy atom. The normalized spacial score (nSPS) is 11.0. The molecule has 0 atom stereocenters. The highest BCUT2D eigenvalue weighted by Gasteiger charge is 2.17. The van der Waals surface area contributed by atoms with Crippen LogP contribution in [0, 0.1) is 5.41 Å². The Morgan fingerprint density at radius 1 is 1.04 bits per heavy atom. The van der Waals surface area contributed by atoms with Crippen molar-refractivity contribution >= 4 is 11.8 Å². The van der Waals surface area contributed by atoms with Gasteiger partial charge in [-0.15, -0.1) is 0 Å². The molecule has 0 bridgehead atoms. The fraction of sp³-hybridized carbons (Fsp3) is 0.579. The maximum absolute atomic E-state index is 11.8. The lowest BCUT2D eigenvalue weighted by Crippen LogP contribution is -2.19. The Labute approximate surface area is 144 Å². The van der Waals surface area contributed by atoms with Crippen LogP contribution in [-0.4, -0.2) is 32.6 Å². The van der Waals surface area contributed by atoms with Crippen LogP contribution in [0.2, 0.25) is 0 Å². The van der Waals surface area contributed by atoms with Crippen molar-refractivity contribution in [2.75, 3.05) is 20.8 Å². The number of aryl methyl sites for hydroxylation is 1. The number of benzene rings is 1. The van der Waals surface area contributed by atoms with E-state index in [2.05, 4.69) is 0 Å². The zero-order valence-corrected chi connectivity index (χ0v) is 15.3. The van der Waals surface area contributed by atoms with E-state index in [4.69, 9.17) is 14.2 Å². The standard InChI is InChI=1S/C19H28O5/c1-19(2,3)12-18(21)24-13-15(20)8-6-7-14-9-10-16(22-4)17(11-14)23-5/h9-11H,6-8,12-13H2,1-5H3. The number of esters is 1. The minimum atomic E-state index is -0.323. The predicted octanol–water partition coefficient (Wildman–Crippen LogP) is 3.58. The molecule has 0 saturated heterocycles. The third kappa shape index (κ3) is 7.49. The van der Waals surface area contributed by atoms with E-state index in [9.17, 15) is 9.59 Å². The molecular weight excluding hydrogens is 308 g/mol. The molecule has 0 aliphatic rings. The van der Waals surface area contributed by atoms with Crippen LogP contribution < -0.4 is 9.47 Å². The molecule has 0 amide bonds. The molecule has 0 aromatic heterocycles. The van der Waals surface area contributed by atoms with E-state index >= 15 is 0 Å². The molecule has 0 aliphatic carbocycles. The van der Waals surface area contributed by atoms with Gasteiger partial charge in [-0.3, -0.25) is 9.59 Å². The fourth-order valence-corrected chi connectivity index (χ4v) is 2.24. The number of hydrogen-bond acceptors (Lipinski definition) is 5. The van der Waals surface area contributed by atoms with Crippen molar-refractivity contribution in [3.8, 4) is 11.5 Å². The van der Waals surface area contributed by atoms with Gasteiger partial charge in [0.05, 0.1) is 20.6 Å². The molecular formula is C19H28O5. The zero-order valence-electron chi connectivity index (χ0n) is 15.3. The van der Waals surface area contributed by atoms with Crippen molar-refractivity contribution in [3.05, 3.63) is 23.8 Å². The largest absolute Gasteiger partial charge is 0.493 e. The Balaban J connectivity index is 2.34. The van der Waals surface area contributed by atoms with E-state index in [1.54, 1.807) is 14.2 Å². The van der Waals surface area contributed by atoms with Gasteiger partial charge in [0.25, 0.3) is 0 Å². The second-order valence-corrected chi connectivity index (χ2v) is 6.98. The number of methoxy groups -OCH3 is 2. The summed E-state index contributed by atoms with van der Waals surface area (Å²) in [6.07, 6.45) is 2.15. The molecule has 5 nitrogen and oxygen atoms in total. The minimum absolute atomic E-state index is 0.0577. The van der Waals surface area contributed by atoms with E-state index < -0.39 is 0 Å². The maximum Gasteiger partial charge on any atom is 0.306 e. The molecule has 0 spiro atoms. The number of carbonyl (C=O) groups is 2. The summed E-state index contributed by atoms with van der Waals surface area (Å²) in [5, 5.41) is 0. The van der Waals surface area contributed by atoms with Gasteiger partial charge in [-0.05, 0) is 36.0 Å². The quantitative estimate of drug-likeness (QED) is 0.645. The number of ketones is 1. The summed E-state index contributed by atoms with van der Waals surface area (Å²) in [5.74, 6) is 0.981. The Morgan fingerprint density at radius 3 is 2.29 bits per heavy atom. The van der Waals surface area contributed by atoms with E-state index in [1.165, 1.54) is 0 Å². The number of carbonyl (C=O) groups excluding carboxylic acids is 2. The van der Waals surface area contributed by atoms with Crippen LogP contribution in [0.1, 0.15) is 45.6 Å². The number of ether oxygens (including phenoxy) is 3. The molecule has 0 unspecified atom stereocenters. The summed E-state index contributed by atoms with van der Waals surface area (Å²) < 4.78 is 15.5. The molecule has 134 valence electrons. The van der Waals surface area contributed by atoms with Crippen LogP contribution in [0.25, 0.3) is 0 Å². The van der Waals surface area contributed by atoms with E-state index in [0.717, 1.165) is 12.0 Å². The second kappa shape index (κ2) is 9.30. The maximum atomic E-state index is 11.8. The van der Waals surface area contributed by atoms with Gasteiger partial charge in [-0.2, -0.15) is 0 Å². The minimum Gasteiger partial charge on any atom is -0.493 e. The highest BCUT2D eigenvalue weighted by Crippen LogP contribution is 2.28. The summed E-state index contributed by atoms with van der Waals surface area (Å²) in [5.41, 5.74) is 0.943. The highest BCUT2D eigenvalue weighted by molar-refractivity contribution is 5.82. The topological polar surface area (TPSA) is 61.8 Å². The molecule has 1 aromatic rings. The highest BCUT2D eigenvalue weighted by atomic mass is 16.5. The Hall–Kier alpha value is -2.04. The Kier molecular flexibility index (Phi) is 7.75. The molecule has 1 aromatic carbocycles. The first-order chi connectivity index (χ1) is 11.2. The third-order valence-electron chi connectivity index (χ3n) is 3.44. The van der Waals surface area contributed by atoms with Gasteiger partial charge in [0.2, 0.25) is 0 Å². The summed E-state index contributed by atoms with van der Waals surface area (Å²) in [6, 6.07) is 5.71. The zero-order chi connectivity index (χ0) is 18.2. The van der Waals surface area contributed by atoms with Crippen LogP contribution in [-0.2, 0) is 20.7 Å². The summed E-state index contributed by atoms with van der Waals surface area (Å²) in [4.78, 5) is 23.4. The van der Waals surface area contributed by atoms with Crippen LogP contribution in [0.3, 0.4) is 0 Å². The average Bonchev–Trinajstić information content (AvgIpc) is 2.51. The summed E-state index contributed by atoms with van der Waals surface area (Å²) >= 11 is 0. The first kappa shape index (κ1) is 20.0. The molecule has 0 fully saturated rings. The SMILES string of the molecule is COc1ccc(CCCC(=O)COC(=O)CC(C)(C)C)cc1OC. The molecule has 5 heteroatoms. The molecule has 0 saturated carbocycles. The van der Waals surface area contributed by atoms with Crippen LogP contribution in [0.5, 0.6) is 11.5 Å². The molecule has 0 heterocycles. The average molecular weight is 336 g/mol. The lowest BCUT2D eigenvalue weighted by molar-refractivity contribution is -0.149. The summed E-state index contributed by atoms with van der Waals surface area (Å²) in [6.45, 7) is 5.73. The number of hydrogen-bond donors (Lipinski definition) is 0. The third-order valence-corrected chi connectivity index (χ3v) is 3.44. The second-order valence-electron chi connectivity index (χ2n) is 6.98. The van der Waals surface area contributed by atoms with Crippen molar-refractivity contribution in [1.29, 1.82) is 0 Å². The number of Topliss-reactive ketones (excluding diaryl/α,β-unsaturated/α-hetero) is 1. The predicted molar refractivity (Wildman–Crippen MR) is 92.5 cm³/mol. The molecule has 0 radical (unpaired) electrons. The Bertz CT molecular complexity index is 557. The van der Waals surface area contributed by atoms with Crippen LogP contribution >= 0.6 is 0 Å². The first-order valence-corrected chi connectivity index (χ1v) is 8.13. The van der Waals surface area contributed by atoms with Crippen LogP contribution in [0.15, 0.2) is 18.2 Å². The van der Waals surface area contributed by atoms with Gasteiger partial charge in [-0.1, -0.05) is 26.8 Å². The van der Waals surface area contributed by atoms with Gasteiger partial charge >= 0.3 is 5.97 Å². The van der Waals surface area contributed by atoms with Crippen molar-refractivity contribution in [1.82, 2.24) is 0 Å². The van der Waals surface area contributed by atoms with Gasteiger partial charge in [-0.25, -0.2) is 0 Å². The smallest absolute Gasteiger partial charge is 0.306 e. The van der Waals surface area contributed by atoms with E-state index in [-0.39, 0.29) is 23.8 Å². The van der Waals surface area contributed by atoms with Crippen molar-refractivity contribution < 1.29 is 23.8 Å². The van der Waals surface area contributed by atoms with Gasteiger partial charge in [0.1, 0.15) is 6.61 Å². The van der Waals surface area contributed by atoms with E-state index in [1.807, 2.05) is 39.0 Å². The molecule has 24 heavy (non-hydrogen) atoms. The number of rotatable bonds is 9. The lowest BCUT2D eigenvalue weighted by atomic mass is 9.92. The van der Waals surface area contributed by atoms with E-state index in [0.29, 0.717) is 30.8 Å². The van der Waals surface area contributed by atoms with Crippen molar-refractivity contribution in [3.63, 3.8) is 0 Å². The lowest BCUT2D eigenvalue weighted by Gasteiger charge is -2.16. The van der Waals surface area contributed by atoms with Gasteiger partial charge in [0, 0.05) is 6.42 Å². The van der Waals surface area contributed by atoms with Gasteiger partial charge in [0.15, 0.2) is 17.3 Å². The molecule has 1 rings (SSSR count). The summed E-state index contributed by atoms with van der Waals surface area (Å²) in [7, 11) is 3.19.